The van der Waals surface area contributed by atoms with Crippen molar-refractivity contribution in [1.82, 2.24) is 14.9 Å². The molecule has 4 rings (SSSR count). The molecular formula is C21H28N4. The average molecular weight is 336 g/mol. The summed E-state index contributed by atoms with van der Waals surface area (Å²) in [5, 5.41) is 3.60. The molecule has 1 saturated heterocycles. The van der Waals surface area contributed by atoms with Crippen molar-refractivity contribution < 1.29 is 0 Å². The summed E-state index contributed by atoms with van der Waals surface area (Å²) < 4.78 is 0. The SMILES string of the molecule is Cc1ccc2c(c1)Cc1nc(C)nc(NCCCN3CCCCC3)c1-2. The zero-order valence-electron chi connectivity index (χ0n) is 15.4. The summed E-state index contributed by atoms with van der Waals surface area (Å²) in [6, 6.07) is 6.70. The molecule has 1 N–H and O–H groups in total. The van der Waals surface area contributed by atoms with Gasteiger partial charge in [-0.3, -0.25) is 0 Å². The monoisotopic (exact) mass is 336 g/mol. The van der Waals surface area contributed by atoms with Gasteiger partial charge in [0.25, 0.3) is 0 Å². The van der Waals surface area contributed by atoms with Gasteiger partial charge in [-0.05, 0) is 63.9 Å². The van der Waals surface area contributed by atoms with Gasteiger partial charge < -0.3 is 10.2 Å². The molecule has 2 aromatic rings. The largest absolute Gasteiger partial charge is 0.369 e. The number of aryl methyl sites for hydroxylation is 2. The fraction of sp³-hybridized carbons (Fsp3) is 0.524. The van der Waals surface area contributed by atoms with E-state index in [2.05, 4.69) is 35.3 Å². The van der Waals surface area contributed by atoms with Gasteiger partial charge in [-0.2, -0.15) is 0 Å². The third-order valence-electron chi connectivity index (χ3n) is 5.38. The highest BCUT2D eigenvalue weighted by Gasteiger charge is 2.24. The molecule has 1 aliphatic heterocycles. The van der Waals surface area contributed by atoms with E-state index in [1.807, 2.05) is 6.92 Å². The Hall–Kier alpha value is -1.94. The second-order valence-electron chi connectivity index (χ2n) is 7.46. The number of fused-ring (bicyclic) bond motifs is 3. The summed E-state index contributed by atoms with van der Waals surface area (Å²) in [6.07, 6.45) is 6.22. The molecule has 0 unspecified atom stereocenters. The van der Waals surface area contributed by atoms with Gasteiger partial charge in [0.05, 0.1) is 5.69 Å². The smallest absolute Gasteiger partial charge is 0.137 e. The molecule has 0 amide bonds. The van der Waals surface area contributed by atoms with Crippen LogP contribution in [0.3, 0.4) is 0 Å². The van der Waals surface area contributed by atoms with Crippen molar-refractivity contribution in [3.05, 3.63) is 40.8 Å². The summed E-state index contributed by atoms with van der Waals surface area (Å²) in [4.78, 5) is 12.0. The summed E-state index contributed by atoms with van der Waals surface area (Å²) in [7, 11) is 0. The van der Waals surface area contributed by atoms with Gasteiger partial charge in [0, 0.05) is 18.5 Å². The Morgan fingerprint density at radius 3 is 2.76 bits per heavy atom. The van der Waals surface area contributed by atoms with Crippen LogP contribution >= 0.6 is 0 Å². The molecule has 4 nitrogen and oxygen atoms in total. The standard InChI is InChI=1S/C21H28N4/c1-15-7-8-18-17(13-15)14-19-20(18)21(24-16(2)23-19)22-9-6-12-25-10-4-3-5-11-25/h7-8,13H,3-6,9-12,14H2,1-2H3,(H,22,23,24). The lowest BCUT2D eigenvalue weighted by molar-refractivity contribution is 0.228. The molecule has 0 spiro atoms. The number of aromatic nitrogens is 2. The van der Waals surface area contributed by atoms with Crippen molar-refractivity contribution in [1.29, 1.82) is 0 Å². The van der Waals surface area contributed by atoms with E-state index in [1.165, 1.54) is 73.3 Å². The van der Waals surface area contributed by atoms with E-state index in [9.17, 15) is 0 Å². The van der Waals surface area contributed by atoms with Crippen molar-refractivity contribution in [2.24, 2.45) is 0 Å². The van der Waals surface area contributed by atoms with E-state index in [1.54, 1.807) is 0 Å². The first-order chi connectivity index (χ1) is 12.2. The third-order valence-corrected chi connectivity index (χ3v) is 5.38. The van der Waals surface area contributed by atoms with Gasteiger partial charge in [-0.25, -0.2) is 9.97 Å². The van der Waals surface area contributed by atoms with Crippen LogP contribution in [0.4, 0.5) is 5.82 Å². The number of benzene rings is 1. The highest BCUT2D eigenvalue weighted by atomic mass is 15.1. The summed E-state index contributed by atoms with van der Waals surface area (Å²) in [6.45, 7) is 8.85. The molecule has 0 saturated carbocycles. The molecule has 0 atom stereocenters. The van der Waals surface area contributed by atoms with Gasteiger partial charge in [-0.15, -0.1) is 0 Å². The second kappa shape index (κ2) is 7.12. The minimum Gasteiger partial charge on any atom is -0.369 e. The predicted molar refractivity (Wildman–Crippen MR) is 103 cm³/mol. The number of piperidine rings is 1. The normalized spacial score (nSPS) is 16.6. The number of anilines is 1. The number of likely N-dealkylation sites (tertiary alicyclic amines) is 1. The van der Waals surface area contributed by atoms with Crippen molar-refractivity contribution in [3.63, 3.8) is 0 Å². The molecular weight excluding hydrogens is 308 g/mol. The zero-order chi connectivity index (χ0) is 17.2. The van der Waals surface area contributed by atoms with Gasteiger partial charge in [-0.1, -0.05) is 30.2 Å². The molecule has 2 heterocycles. The molecule has 1 aromatic heterocycles. The van der Waals surface area contributed by atoms with Crippen LogP contribution in [0.5, 0.6) is 0 Å². The first kappa shape index (κ1) is 16.5. The Kier molecular flexibility index (Phi) is 4.71. The molecule has 0 radical (unpaired) electrons. The fourth-order valence-electron chi connectivity index (χ4n) is 4.15. The Balaban J connectivity index is 1.46. The van der Waals surface area contributed by atoms with Crippen LogP contribution in [0.15, 0.2) is 18.2 Å². The van der Waals surface area contributed by atoms with Gasteiger partial charge in [0.1, 0.15) is 11.6 Å². The summed E-state index contributed by atoms with van der Waals surface area (Å²) >= 11 is 0. The Labute approximate surface area is 150 Å². The number of nitrogens with one attached hydrogen (secondary N) is 1. The topological polar surface area (TPSA) is 41.1 Å². The quantitative estimate of drug-likeness (QED) is 0.716. The molecule has 2 aliphatic rings. The molecule has 132 valence electrons. The number of nitrogens with zero attached hydrogens (tertiary/aromatic N) is 3. The third kappa shape index (κ3) is 3.54. The van der Waals surface area contributed by atoms with E-state index >= 15 is 0 Å². The number of hydrogen-bond acceptors (Lipinski definition) is 4. The lowest BCUT2D eigenvalue weighted by atomic mass is 10.0. The van der Waals surface area contributed by atoms with Gasteiger partial charge in [0.15, 0.2) is 0 Å². The van der Waals surface area contributed by atoms with Crippen molar-refractivity contribution >= 4 is 5.82 Å². The number of rotatable bonds is 5. The number of hydrogen-bond donors (Lipinski definition) is 1. The van der Waals surface area contributed by atoms with Gasteiger partial charge in [0.2, 0.25) is 0 Å². The molecule has 1 aliphatic carbocycles. The molecule has 25 heavy (non-hydrogen) atoms. The molecule has 4 heteroatoms. The van der Waals surface area contributed by atoms with Crippen LogP contribution in [-0.2, 0) is 6.42 Å². The average Bonchev–Trinajstić information content (AvgIpc) is 2.96. The van der Waals surface area contributed by atoms with E-state index < -0.39 is 0 Å². The van der Waals surface area contributed by atoms with E-state index in [4.69, 9.17) is 9.97 Å². The fourth-order valence-corrected chi connectivity index (χ4v) is 4.15. The van der Waals surface area contributed by atoms with Crippen LogP contribution in [-0.4, -0.2) is 41.0 Å². The van der Waals surface area contributed by atoms with Crippen molar-refractivity contribution in [2.75, 3.05) is 31.5 Å². The Morgan fingerprint density at radius 2 is 1.92 bits per heavy atom. The van der Waals surface area contributed by atoms with Crippen LogP contribution < -0.4 is 5.32 Å². The van der Waals surface area contributed by atoms with Crippen LogP contribution in [0, 0.1) is 13.8 Å². The highest BCUT2D eigenvalue weighted by molar-refractivity contribution is 5.84. The maximum atomic E-state index is 4.71. The van der Waals surface area contributed by atoms with E-state index in [0.29, 0.717) is 0 Å². The maximum absolute atomic E-state index is 4.71. The first-order valence-electron chi connectivity index (χ1n) is 9.64. The van der Waals surface area contributed by atoms with Crippen LogP contribution in [0.25, 0.3) is 11.1 Å². The van der Waals surface area contributed by atoms with E-state index in [-0.39, 0.29) is 0 Å². The minimum atomic E-state index is 0.863. The first-order valence-corrected chi connectivity index (χ1v) is 9.64. The predicted octanol–water partition coefficient (Wildman–Crippen LogP) is 3.95. The van der Waals surface area contributed by atoms with Crippen molar-refractivity contribution in [3.8, 4) is 11.1 Å². The lowest BCUT2D eigenvalue weighted by Gasteiger charge is -2.26. The van der Waals surface area contributed by atoms with Crippen molar-refractivity contribution in [2.45, 2.75) is 46.0 Å². The second-order valence-corrected chi connectivity index (χ2v) is 7.46. The summed E-state index contributed by atoms with van der Waals surface area (Å²) in [5.41, 5.74) is 6.39. The maximum Gasteiger partial charge on any atom is 0.137 e. The van der Waals surface area contributed by atoms with Gasteiger partial charge >= 0.3 is 0 Å². The van der Waals surface area contributed by atoms with Crippen LogP contribution in [0.2, 0.25) is 0 Å². The molecule has 0 bridgehead atoms. The van der Waals surface area contributed by atoms with E-state index in [0.717, 1.165) is 24.6 Å². The van der Waals surface area contributed by atoms with Crippen LogP contribution in [0.1, 0.15) is 48.3 Å². The Morgan fingerprint density at radius 1 is 1.08 bits per heavy atom. The molecule has 1 fully saturated rings. The minimum absolute atomic E-state index is 0.863. The molecule has 1 aromatic carbocycles. The lowest BCUT2D eigenvalue weighted by Crippen LogP contribution is -2.31. The zero-order valence-corrected chi connectivity index (χ0v) is 15.4. The Bertz CT molecular complexity index is 763. The summed E-state index contributed by atoms with van der Waals surface area (Å²) in [5.74, 6) is 1.88. The highest BCUT2D eigenvalue weighted by Crippen LogP contribution is 2.40.